The minimum Gasteiger partial charge on any atom is -0.453 e. The molecule has 0 unspecified atom stereocenters. The molecule has 0 aliphatic heterocycles. The van der Waals surface area contributed by atoms with Crippen LogP contribution in [0.15, 0.2) is 54.5 Å². The van der Waals surface area contributed by atoms with E-state index >= 15 is 0 Å². The molecule has 0 fully saturated rings. The maximum Gasteiger partial charge on any atom is 0.441 e. The Labute approximate surface area is 148 Å². The van der Waals surface area contributed by atoms with Gasteiger partial charge in [0.15, 0.2) is 0 Å². The average Bonchev–Trinajstić information content (AvgIpc) is 2.60. The standard InChI is InChI=1S/C17H19N3O4S/c1-4-10-24-17(22)16(19-18)15(21)11-13(5-2)20-25(23)14-8-6-12(3)7-9-14/h4-9,13,20H,1-2,10-11H2,3H3/t13-,25-/m0/s1. The Balaban J connectivity index is 2.75. The zero-order valence-corrected chi connectivity index (χ0v) is 14.6. The lowest BCUT2D eigenvalue weighted by Crippen LogP contribution is -2.36. The van der Waals surface area contributed by atoms with Crippen molar-refractivity contribution in [3.63, 3.8) is 0 Å². The second kappa shape index (κ2) is 10.2. The monoisotopic (exact) mass is 361 g/mol. The van der Waals surface area contributed by atoms with E-state index in [0.29, 0.717) is 4.90 Å². The Bertz CT molecular complexity index is 737. The van der Waals surface area contributed by atoms with E-state index in [1.807, 2.05) is 19.1 Å². The van der Waals surface area contributed by atoms with Gasteiger partial charge in [0.05, 0.1) is 4.90 Å². The Morgan fingerprint density at radius 1 is 1.36 bits per heavy atom. The van der Waals surface area contributed by atoms with Gasteiger partial charge < -0.3 is 10.3 Å². The van der Waals surface area contributed by atoms with Crippen LogP contribution in [0.25, 0.3) is 5.53 Å². The maximum atomic E-state index is 12.3. The molecule has 0 aliphatic rings. The third-order valence-corrected chi connectivity index (χ3v) is 4.29. The van der Waals surface area contributed by atoms with Gasteiger partial charge in [-0.25, -0.2) is 13.7 Å². The summed E-state index contributed by atoms with van der Waals surface area (Å²) >= 11 is 0. The molecule has 0 radical (unpaired) electrons. The number of nitrogens with one attached hydrogen (secondary N) is 1. The highest BCUT2D eigenvalue weighted by atomic mass is 32.2. The number of carbonyl (C=O) groups excluding carboxylic acids is 2. The van der Waals surface area contributed by atoms with Crippen molar-refractivity contribution in [2.75, 3.05) is 6.61 Å². The first kappa shape index (κ1) is 20.4. The predicted molar refractivity (Wildman–Crippen MR) is 94.1 cm³/mol. The van der Waals surface area contributed by atoms with Gasteiger partial charge in [0.25, 0.3) is 5.78 Å². The number of rotatable bonds is 10. The largest absolute Gasteiger partial charge is 0.453 e. The summed E-state index contributed by atoms with van der Waals surface area (Å²) in [6.07, 6.45) is 2.42. The van der Waals surface area contributed by atoms with Crippen molar-refractivity contribution in [3.05, 3.63) is 60.7 Å². The van der Waals surface area contributed by atoms with E-state index in [-0.39, 0.29) is 13.0 Å². The van der Waals surface area contributed by atoms with E-state index in [1.54, 1.807) is 12.1 Å². The third kappa shape index (κ3) is 6.39. The highest BCUT2D eigenvalue weighted by Crippen LogP contribution is 2.08. The first-order valence-corrected chi connectivity index (χ1v) is 8.48. The Kier molecular flexibility index (Phi) is 8.35. The van der Waals surface area contributed by atoms with Gasteiger partial charge in [0, 0.05) is 12.5 Å². The highest BCUT2D eigenvalue weighted by molar-refractivity contribution is 7.83. The lowest BCUT2D eigenvalue weighted by atomic mass is 10.1. The molecular weight excluding hydrogens is 342 g/mol. The lowest BCUT2D eigenvalue weighted by molar-refractivity contribution is -0.141. The second-order valence-electron chi connectivity index (χ2n) is 5.00. The summed E-state index contributed by atoms with van der Waals surface area (Å²) in [7, 11) is -1.57. The molecule has 0 amide bonds. The molecule has 7 nitrogen and oxygen atoms in total. The SMILES string of the molecule is C=CCOC(=O)C(=[N+]=[N-])C(=O)C[C@H](C=C)N[S@@](=O)c1ccc(C)cc1. The van der Waals surface area contributed by atoms with Gasteiger partial charge in [-0.3, -0.25) is 4.79 Å². The van der Waals surface area contributed by atoms with Crippen LogP contribution in [0, 0.1) is 6.92 Å². The van der Waals surface area contributed by atoms with Crippen molar-refractivity contribution in [1.29, 1.82) is 0 Å². The summed E-state index contributed by atoms with van der Waals surface area (Å²) in [4.78, 5) is 27.0. The van der Waals surface area contributed by atoms with Crippen molar-refractivity contribution >= 4 is 28.4 Å². The molecule has 0 heterocycles. The molecule has 25 heavy (non-hydrogen) atoms. The van der Waals surface area contributed by atoms with E-state index in [4.69, 9.17) is 5.53 Å². The summed E-state index contributed by atoms with van der Waals surface area (Å²) in [5.41, 5.74) is 9.16. The summed E-state index contributed by atoms with van der Waals surface area (Å²) in [6.45, 7) is 8.73. The van der Waals surface area contributed by atoms with Crippen molar-refractivity contribution in [2.24, 2.45) is 0 Å². The van der Waals surface area contributed by atoms with Crippen LogP contribution in [-0.2, 0) is 25.3 Å². The molecule has 0 saturated heterocycles. The fourth-order valence-corrected chi connectivity index (χ4v) is 2.72. The fraction of sp³-hybridized carbons (Fsp3) is 0.235. The van der Waals surface area contributed by atoms with Gasteiger partial charge in [0.2, 0.25) is 0 Å². The van der Waals surface area contributed by atoms with Crippen LogP contribution < -0.4 is 4.72 Å². The quantitative estimate of drug-likeness (QED) is 0.170. The molecule has 1 aromatic rings. The number of ether oxygens (including phenoxy) is 1. The van der Waals surface area contributed by atoms with E-state index in [2.05, 4.69) is 27.4 Å². The lowest BCUT2D eigenvalue weighted by Gasteiger charge is -2.12. The molecule has 8 heteroatoms. The number of Topliss-reactive ketones (excluding diaryl/α,β-unsaturated/α-hetero) is 1. The van der Waals surface area contributed by atoms with Gasteiger partial charge in [-0.2, -0.15) is 4.79 Å². The number of carbonyl (C=O) groups is 2. The predicted octanol–water partition coefficient (Wildman–Crippen LogP) is 1.52. The van der Waals surface area contributed by atoms with Crippen molar-refractivity contribution in [1.82, 2.24) is 4.72 Å². The van der Waals surface area contributed by atoms with Crippen LogP contribution in [-0.4, -0.2) is 39.1 Å². The van der Waals surface area contributed by atoms with Crippen LogP contribution in [0.3, 0.4) is 0 Å². The van der Waals surface area contributed by atoms with Gasteiger partial charge in [-0.1, -0.05) is 36.4 Å². The van der Waals surface area contributed by atoms with Crippen molar-refractivity contribution in [3.8, 4) is 0 Å². The first-order chi connectivity index (χ1) is 11.9. The van der Waals surface area contributed by atoms with Gasteiger partial charge in [0.1, 0.15) is 17.6 Å². The fourth-order valence-electron chi connectivity index (χ4n) is 1.75. The average molecular weight is 361 g/mol. The molecule has 0 saturated carbocycles. The Hall–Kier alpha value is -2.67. The third-order valence-electron chi connectivity index (χ3n) is 3.07. The molecule has 0 aliphatic carbocycles. The Morgan fingerprint density at radius 3 is 2.52 bits per heavy atom. The number of hydrogen-bond donors (Lipinski definition) is 1. The van der Waals surface area contributed by atoms with Gasteiger partial charge >= 0.3 is 11.7 Å². The molecule has 132 valence electrons. The van der Waals surface area contributed by atoms with Gasteiger partial charge in [-0.05, 0) is 19.1 Å². The molecule has 1 rings (SSSR count). The topological polar surface area (TPSA) is 109 Å². The van der Waals surface area contributed by atoms with Crippen LogP contribution in [0.4, 0.5) is 0 Å². The number of aryl methyl sites for hydroxylation is 1. The van der Waals surface area contributed by atoms with E-state index in [1.165, 1.54) is 12.2 Å². The number of nitrogens with zero attached hydrogens (tertiary/aromatic N) is 2. The summed E-state index contributed by atoms with van der Waals surface area (Å²) in [5.74, 6) is -1.83. The summed E-state index contributed by atoms with van der Waals surface area (Å²) in [6, 6.07) is 6.34. The number of ketones is 1. The highest BCUT2D eigenvalue weighted by Gasteiger charge is 2.32. The van der Waals surface area contributed by atoms with Crippen molar-refractivity contribution in [2.45, 2.75) is 24.3 Å². The maximum absolute atomic E-state index is 12.3. The molecule has 1 N–H and O–H groups in total. The smallest absolute Gasteiger partial charge is 0.441 e. The molecule has 0 bridgehead atoms. The minimum atomic E-state index is -1.57. The summed E-state index contributed by atoms with van der Waals surface area (Å²) in [5, 5.41) is 0. The van der Waals surface area contributed by atoms with Crippen LogP contribution in [0.5, 0.6) is 0 Å². The molecule has 0 spiro atoms. The molecule has 1 aromatic carbocycles. The normalized spacial score (nSPS) is 12.4. The molecular formula is C17H19N3O4S. The van der Waals surface area contributed by atoms with Crippen LogP contribution in [0.1, 0.15) is 12.0 Å². The minimum absolute atomic E-state index is 0.119. The van der Waals surface area contributed by atoms with E-state index < -0.39 is 34.5 Å². The number of benzene rings is 1. The summed E-state index contributed by atoms with van der Waals surface area (Å²) < 4.78 is 19.7. The zero-order chi connectivity index (χ0) is 18.8. The van der Waals surface area contributed by atoms with Crippen LogP contribution >= 0.6 is 0 Å². The van der Waals surface area contributed by atoms with E-state index in [0.717, 1.165) is 5.56 Å². The molecule has 0 aromatic heterocycles. The Morgan fingerprint density at radius 2 is 2.00 bits per heavy atom. The first-order valence-electron chi connectivity index (χ1n) is 7.33. The van der Waals surface area contributed by atoms with Crippen molar-refractivity contribution < 1.29 is 23.3 Å². The number of hydrogen-bond acceptors (Lipinski definition) is 4. The van der Waals surface area contributed by atoms with Gasteiger partial charge in [-0.15, -0.1) is 6.58 Å². The second-order valence-corrected chi connectivity index (χ2v) is 6.25. The number of esters is 1. The van der Waals surface area contributed by atoms with E-state index in [9.17, 15) is 13.8 Å². The molecule has 2 atom stereocenters. The zero-order valence-electron chi connectivity index (χ0n) is 13.8. The van der Waals surface area contributed by atoms with Crippen LogP contribution in [0.2, 0.25) is 0 Å².